The highest BCUT2D eigenvalue weighted by Gasteiger charge is 2.20. The summed E-state index contributed by atoms with van der Waals surface area (Å²) in [6, 6.07) is 6.06. The Morgan fingerprint density at radius 1 is 1.19 bits per heavy atom. The van der Waals surface area contributed by atoms with Gasteiger partial charge < -0.3 is 10.5 Å². The lowest BCUT2D eigenvalue weighted by atomic mass is 10.1. The Hall–Kier alpha value is -2.11. The summed E-state index contributed by atoms with van der Waals surface area (Å²) < 4.78 is 7.25. The molecule has 2 aromatic rings. The van der Waals surface area contributed by atoms with Crippen molar-refractivity contribution in [2.75, 3.05) is 12.8 Å². The fourth-order valence-corrected chi connectivity index (χ4v) is 2.98. The van der Waals surface area contributed by atoms with Crippen LogP contribution in [0.4, 0.5) is 5.69 Å². The zero-order valence-electron chi connectivity index (χ0n) is 12.3. The Morgan fingerprint density at radius 2 is 1.95 bits per heavy atom. The van der Waals surface area contributed by atoms with Crippen LogP contribution in [0.15, 0.2) is 18.2 Å². The fraction of sp³-hybridized carbons (Fsp3) is 0.533. The van der Waals surface area contributed by atoms with E-state index >= 15 is 0 Å². The molecule has 0 bridgehead atoms. The first-order valence-electron chi connectivity index (χ1n) is 7.51. The van der Waals surface area contributed by atoms with Gasteiger partial charge in [-0.1, -0.05) is 25.7 Å². The summed E-state index contributed by atoms with van der Waals surface area (Å²) in [6.45, 7) is 0. The number of nitrogens with two attached hydrogens (primary N) is 1. The predicted molar refractivity (Wildman–Crippen MR) is 81.0 cm³/mol. The van der Waals surface area contributed by atoms with Gasteiger partial charge in [-0.15, -0.1) is 5.10 Å². The van der Waals surface area contributed by atoms with Crippen LogP contribution in [0.25, 0.3) is 11.4 Å². The van der Waals surface area contributed by atoms with Crippen LogP contribution < -0.4 is 10.5 Å². The lowest BCUT2D eigenvalue weighted by Gasteiger charge is -2.16. The average molecular weight is 287 g/mol. The molecule has 0 radical (unpaired) electrons. The maximum absolute atomic E-state index is 5.87. The number of anilines is 1. The number of nitrogen functional groups attached to an aromatic ring is 1. The molecular formula is C15H21N5O. The van der Waals surface area contributed by atoms with Crippen LogP contribution in [-0.2, 0) is 0 Å². The summed E-state index contributed by atoms with van der Waals surface area (Å²) in [6.07, 6.45) is 7.39. The van der Waals surface area contributed by atoms with E-state index in [1.807, 2.05) is 22.9 Å². The monoisotopic (exact) mass is 287 g/mol. The Kier molecular flexibility index (Phi) is 4.03. The van der Waals surface area contributed by atoms with Gasteiger partial charge in [0.15, 0.2) is 5.82 Å². The zero-order chi connectivity index (χ0) is 14.7. The number of hydrogen-bond acceptors (Lipinski definition) is 5. The lowest BCUT2D eigenvalue weighted by molar-refractivity contribution is 0.400. The number of nitrogens with zero attached hydrogens (tertiary/aromatic N) is 4. The number of hydrogen-bond donors (Lipinski definition) is 1. The van der Waals surface area contributed by atoms with Gasteiger partial charge in [-0.25, -0.2) is 4.68 Å². The number of methoxy groups -OCH3 is 1. The van der Waals surface area contributed by atoms with Gasteiger partial charge in [0.2, 0.25) is 0 Å². The van der Waals surface area contributed by atoms with Crippen LogP contribution in [0, 0.1) is 0 Å². The summed E-state index contributed by atoms with van der Waals surface area (Å²) in [7, 11) is 1.61. The van der Waals surface area contributed by atoms with Crippen LogP contribution in [-0.4, -0.2) is 27.3 Å². The summed E-state index contributed by atoms with van der Waals surface area (Å²) >= 11 is 0. The first-order valence-corrected chi connectivity index (χ1v) is 7.51. The van der Waals surface area contributed by atoms with Gasteiger partial charge in [0.05, 0.1) is 18.8 Å². The van der Waals surface area contributed by atoms with Crippen LogP contribution in [0.3, 0.4) is 0 Å². The molecule has 0 spiro atoms. The highest BCUT2D eigenvalue weighted by molar-refractivity contribution is 5.65. The molecule has 1 fully saturated rings. The second-order valence-corrected chi connectivity index (χ2v) is 5.55. The van der Waals surface area contributed by atoms with Gasteiger partial charge in [-0.2, -0.15) is 0 Å². The minimum atomic E-state index is 0.390. The van der Waals surface area contributed by atoms with E-state index in [1.54, 1.807) is 7.11 Å². The van der Waals surface area contributed by atoms with E-state index in [4.69, 9.17) is 10.5 Å². The van der Waals surface area contributed by atoms with E-state index in [0.29, 0.717) is 17.5 Å². The quantitative estimate of drug-likeness (QED) is 0.693. The summed E-state index contributed by atoms with van der Waals surface area (Å²) in [4.78, 5) is 0. The van der Waals surface area contributed by atoms with Crippen molar-refractivity contribution in [3.05, 3.63) is 18.2 Å². The molecule has 1 aromatic carbocycles. The summed E-state index contributed by atoms with van der Waals surface area (Å²) in [5.74, 6) is 1.45. The first kappa shape index (κ1) is 13.9. The Morgan fingerprint density at radius 3 is 2.67 bits per heavy atom. The Bertz CT molecular complexity index is 602. The van der Waals surface area contributed by atoms with Crippen molar-refractivity contribution < 1.29 is 4.74 Å². The van der Waals surface area contributed by atoms with Crippen LogP contribution in [0.1, 0.15) is 44.6 Å². The molecule has 6 heteroatoms. The summed E-state index contributed by atoms with van der Waals surface area (Å²) in [5, 5.41) is 12.3. The molecule has 1 aromatic heterocycles. The van der Waals surface area contributed by atoms with Crippen molar-refractivity contribution in [1.29, 1.82) is 0 Å². The van der Waals surface area contributed by atoms with Crippen LogP contribution in [0.5, 0.6) is 5.75 Å². The second-order valence-electron chi connectivity index (χ2n) is 5.55. The minimum Gasteiger partial charge on any atom is -0.495 e. The van der Waals surface area contributed by atoms with Gasteiger partial charge in [0.25, 0.3) is 0 Å². The average Bonchev–Trinajstić information content (AvgIpc) is 2.83. The van der Waals surface area contributed by atoms with E-state index in [2.05, 4.69) is 15.5 Å². The number of rotatable bonds is 3. The third-order valence-electron chi connectivity index (χ3n) is 4.16. The van der Waals surface area contributed by atoms with E-state index < -0.39 is 0 Å². The highest BCUT2D eigenvalue weighted by atomic mass is 16.5. The van der Waals surface area contributed by atoms with Crippen LogP contribution >= 0.6 is 0 Å². The lowest BCUT2D eigenvalue weighted by Crippen LogP contribution is -2.11. The number of tetrazole rings is 1. The molecule has 3 rings (SSSR count). The van der Waals surface area contributed by atoms with Gasteiger partial charge in [-0.05, 0) is 41.5 Å². The Labute approximate surface area is 124 Å². The maximum Gasteiger partial charge on any atom is 0.182 e. The van der Waals surface area contributed by atoms with Gasteiger partial charge >= 0.3 is 0 Å². The largest absolute Gasteiger partial charge is 0.495 e. The SMILES string of the molecule is COc1cc(-c2nnnn2C2CCCCCC2)ccc1N. The molecule has 0 amide bonds. The van der Waals surface area contributed by atoms with E-state index in [-0.39, 0.29) is 0 Å². The molecule has 112 valence electrons. The standard InChI is InChI=1S/C15H21N5O/c1-21-14-10-11(8-9-13(14)16)15-17-18-19-20(15)12-6-4-2-3-5-7-12/h8-10,12H,2-7,16H2,1H3. The van der Waals surface area contributed by atoms with E-state index in [9.17, 15) is 0 Å². The summed E-state index contributed by atoms with van der Waals surface area (Å²) in [5.41, 5.74) is 7.43. The third-order valence-corrected chi connectivity index (χ3v) is 4.16. The second kappa shape index (κ2) is 6.11. The molecule has 0 saturated heterocycles. The van der Waals surface area contributed by atoms with Crippen molar-refractivity contribution in [2.45, 2.75) is 44.6 Å². The number of aromatic nitrogens is 4. The molecule has 0 atom stereocenters. The Balaban J connectivity index is 1.94. The number of ether oxygens (including phenoxy) is 1. The smallest absolute Gasteiger partial charge is 0.182 e. The molecule has 0 aliphatic heterocycles. The van der Waals surface area contributed by atoms with Crippen LogP contribution in [0.2, 0.25) is 0 Å². The van der Waals surface area contributed by atoms with Gasteiger partial charge in [-0.3, -0.25) is 0 Å². The highest BCUT2D eigenvalue weighted by Crippen LogP contribution is 2.32. The molecule has 1 aliphatic rings. The molecule has 1 heterocycles. The fourth-order valence-electron chi connectivity index (χ4n) is 2.98. The van der Waals surface area contributed by atoms with Crippen molar-refractivity contribution in [3.63, 3.8) is 0 Å². The van der Waals surface area contributed by atoms with E-state index in [1.165, 1.54) is 25.7 Å². The van der Waals surface area contributed by atoms with Crippen molar-refractivity contribution in [2.24, 2.45) is 0 Å². The number of benzene rings is 1. The molecule has 2 N–H and O–H groups in total. The molecule has 6 nitrogen and oxygen atoms in total. The maximum atomic E-state index is 5.87. The van der Waals surface area contributed by atoms with Gasteiger partial charge in [0.1, 0.15) is 5.75 Å². The minimum absolute atomic E-state index is 0.390. The topological polar surface area (TPSA) is 78.9 Å². The zero-order valence-corrected chi connectivity index (χ0v) is 12.3. The van der Waals surface area contributed by atoms with Crippen molar-refractivity contribution in [1.82, 2.24) is 20.2 Å². The third kappa shape index (κ3) is 2.84. The van der Waals surface area contributed by atoms with Gasteiger partial charge in [0, 0.05) is 5.56 Å². The molecule has 21 heavy (non-hydrogen) atoms. The normalized spacial score (nSPS) is 16.6. The molecular weight excluding hydrogens is 266 g/mol. The molecule has 1 aliphatic carbocycles. The van der Waals surface area contributed by atoms with Crippen molar-refractivity contribution >= 4 is 5.69 Å². The predicted octanol–water partition coefficient (Wildman–Crippen LogP) is 2.83. The van der Waals surface area contributed by atoms with E-state index in [0.717, 1.165) is 24.2 Å². The first-order chi connectivity index (χ1) is 10.3. The van der Waals surface area contributed by atoms with Crippen molar-refractivity contribution in [3.8, 4) is 17.1 Å². The molecule has 1 saturated carbocycles. The molecule has 0 unspecified atom stereocenters.